The van der Waals surface area contributed by atoms with E-state index in [1.165, 1.54) is 6.08 Å². The molecule has 13 heavy (non-hydrogen) atoms. The minimum atomic E-state index is -2.89. The Hall–Kier alpha value is -0.840. The molecule has 0 saturated carbocycles. The summed E-state index contributed by atoms with van der Waals surface area (Å²) in [6.45, 7) is 1.74. The zero-order chi connectivity index (χ0) is 9.90. The summed E-state index contributed by atoms with van der Waals surface area (Å²) in [5, 5.41) is 2.63. The van der Waals surface area contributed by atoms with Crippen LogP contribution in [0.25, 0.3) is 0 Å². The lowest BCUT2D eigenvalue weighted by atomic mass is 10.2. The van der Waals surface area contributed by atoms with E-state index < -0.39 is 9.84 Å². The number of sulfone groups is 1. The molecule has 0 spiro atoms. The summed E-state index contributed by atoms with van der Waals surface area (Å²) in [4.78, 5) is 11.0. The number of nitrogens with one attached hydrogen (secondary N) is 1. The van der Waals surface area contributed by atoms with Gasteiger partial charge in [-0.15, -0.1) is 0 Å². The van der Waals surface area contributed by atoms with Crippen LogP contribution in [0.1, 0.15) is 13.3 Å². The maximum atomic E-state index is 11.0. The third-order valence-corrected chi connectivity index (χ3v) is 3.66. The Bertz CT molecular complexity index is 318. The lowest BCUT2D eigenvalue weighted by Gasteiger charge is -2.07. The summed E-state index contributed by atoms with van der Waals surface area (Å²) in [6.07, 6.45) is 3.55. The molecule has 1 rings (SSSR count). The van der Waals surface area contributed by atoms with Gasteiger partial charge in [-0.3, -0.25) is 4.79 Å². The van der Waals surface area contributed by atoms with E-state index in [2.05, 4.69) is 5.32 Å². The highest BCUT2D eigenvalue weighted by atomic mass is 32.2. The molecule has 0 aromatic carbocycles. The first-order valence-corrected chi connectivity index (χ1v) is 5.99. The Morgan fingerprint density at radius 3 is 2.69 bits per heavy atom. The second kappa shape index (κ2) is 3.91. The van der Waals surface area contributed by atoms with Crippen LogP contribution in [0, 0.1) is 0 Å². The third-order valence-electron chi connectivity index (χ3n) is 1.90. The fraction of sp³-hybridized carbons (Fsp3) is 0.625. The number of carbonyl (C=O) groups is 1. The average Bonchev–Trinajstić information content (AvgIpc) is 2.30. The van der Waals surface area contributed by atoms with Crippen molar-refractivity contribution in [1.29, 1.82) is 0 Å². The van der Waals surface area contributed by atoms with Crippen molar-refractivity contribution in [2.45, 2.75) is 19.4 Å². The Morgan fingerprint density at radius 1 is 1.54 bits per heavy atom. The van der Waals surface area contributed by atoms with Crippen LogP contribution >= 0.6 is 0 Å². The smallest absolute Gasteiger partial charge is 0.243 e. The molecular formula is C8H13NO3S. The van der Waals surface area contributed by atoms with Gasteiger partial charge >= 0.3 is 0 Å². The fourth-order valence-electron chi connectivity index (χ4n) is 1.31. The molecule has 1 N–H and O–H groups in total. The quantitative estimate of drug-likeness (QED) is 0.636. The monoisotopic (exact) mass is 203 g/mol. The van der Waals surface area contributed by atoms with Crippen molar-refractivity contribution in [3.8, 4) is 0 Å². The van der Waals surface area contributed by atoms with E-state index in [1.807, 2.05) is 0 Å². The molecule has 1 aliphatic rings. The van der Waals surface area contributed by atoms with Crippen molar-refractivity contribution in [3.05, 3.63) is 12.2 Å². The van der Waals surface area contributed by atoms with E-state index in [4.69, 9.17) is 0 Å². The van der Waals surface area contributed by atoms with Crippen LogP contribution < -0.4 is 5.32 Å². The van der Waals surface area contributed by atoms with E-state index in [9.17, 15) is 13.2 Å². The molecular weight excluding hydrogens is 190 g/mol. The van der Waals surface area contributed by atoms with Gasteiger partial charge in [0.2, 0.25) is 5.91 Å². The number of allylic oxidation sites excluding steroid dienone is 1. The van der Waals surface area contributed by atoms with Gasteiger partial charge in [0, 0.05) is 6.04 Å². The number of rotatable bonds is 2. The minimum Gasteiger partial charge on any atom is -0.349 e. The van der Waals surface area contributed by atoms with E-state index in [0.717, 1.165) is 0 Å². The zero-order valence-corrected chi connectivity index (χ0v) is 8.30. The molecule has 0 bridgehead atoms. The van der Waals surface area contributed by atoms with Gasteiger partial charge in [-0.05, 0) is 19.4 Å². The van der Waals surface area contributed by atoms with Crippen LogP contribution in [0.3, 0.4) is 0 Å². The van der Waals surface area contributed by atoms with Crippen LogP contribution in [0.15, 0.2) is 12.2 Å². The molecule has 5 heteroatoms. The van der Waals surface area contributed by atoms with Crippen LogP contribution in [0.4, 0.5) is 0 Å². The van der Waals surface area contributed by atoms with Crippen molar-refractivity contribution < 1.29 is 13.2 Å². The highest BCUT2D eigenvalue weighted by Crippen LogP contribution is 2.10. The second-order valence-electron chi connectivity index (χ2n) is 3.11. The van der Waals surface area contributed by atoms with Crippen LogP contribution in [-0.4, -0.2) is 31.9 Å². The maximum Gasteiger partial charge on any atom is 0.243 e. The van der Waals surface area contributed by atoms with Crippen LogP contribution in [-0.2, 0) is 14.6 Å². The normalized spacial score (nSPS) is 26.4. The van der Waals surface area contributed by atoms with Gasteiger partial charge in [0.05, 0.1) is 11.5 Å². The Kier molecular flexibility index (Phi) is 3.08. The molecule has 1 unspecified atom stereocenters. The zero-order valence-electron chi connectivity index (χ0n) is 7.49. The van der Waals surface area contributed by atoms with Gasteiger partial charge in [-0.2, -0.15) is 0 Å². The first kappa shape index (κ1) is 10.2. The Labute approximate surface area is 77.9 Å². The fourth-order valence-corrected chi connectivity index (χ4v) is 2.98. The van der Waals surface area contributed by atoms with Crippen molar-refractivity contribution in [3.63, 3.8) is 0 Å². The molecule has 1 amide bonds. The second-order valence-corrected chi connectivity index (χ2v) is 5.34. The molecule has 1 atom stereocenters. The van der Waals surface area contributed by atoms with Crippen molar-refractivity contribution in [2.75, 3.05) is 11.5 Å². The van der Waals surface area contributed by atoms with E-state index in [1.54, 1.807) is 13.0 Å². The molecule has 0 aliphatic carbocycles. The number of hydrogen-bond donors (Lipinski definition) is 1. The lowest BCUT2D eigenvalue weighted by molar-refractivity contribution is -0.117. The van der Waals surface area contributed by atoms with Gasteiger partial charge in [0.1, 0.15) is 0 Å². The maximum absolute atomic E-state index is 11.0. The predicted octanol–water partition coefficient (Wildman–Crippen LogP) is -0.134. The van der Waals surface area contributed by atoms with Crippen molar-refractivity contribution in [2.24, 2.45) is 0 Å². The molecule has 0 aromatic heterocycles. The SMILES string of the molecule is CC=CC(=O)NC1CCS(=O)(=O)C1. The highest BCUT2D eigenvalue weighted by Gasteiger charge is 2.28. The topological polar surface area (TPSA) is 63.2 Å². The summed E-state index contributed by atoms with van der Waals surface area (Å²) < 4.78 is 22.0. The molecule has 1 fully saturated rings. The standard InChI is InChI=1S/C8H13NO3S/c1-2-3-8(10)9-7-4-5-13(11,12)6-7/h2-3,7H,4-6H2,1H3,(H,9,10). The molecule has 0 radical (unpaired) electrons. The number of amides is 1. The van der Waals surface area contributed by atoms with Gasteiger partial charge in [0.25, 0.3) is 0 Å². The van der Waals surface area contributed by atoms with E-state index in [0.29, 0.717) is 6.42 Å². The summed E-state index contributed by atoms with van der Waals surface area (Å²) in [7, 11) is -2.89. The van der Waals surface area contributed by atoms with Gasteiger partial charge in [0.15, 0.2) is 9.84 Å². The summed E-state index contributed by atoms with van der Waals surface area (Å²) in [5.41, 5.74) is 0. The van der Waals surface area contributed by atoms with Gasteiger partial charge < -0.3 is 5.32 Å². The highest BCUT2D eigenvalue weighted by molar-refractivity contribution is 7.91. The van der Waals surface area contributed by atoms with Crippen molar-refractivity contribution in [1.82, 2.24) is 5.32 Å². The molecule has 1 saturated heterocycles. The first-order chi connectivity index (χ1) is 6.03. The van der Waals surface area contributed by atoms with Gasteiger partial charge in [-0.1, -0.05) is 6.08 Å². The largest absolute Gasteiger partial charge is 0.349 e. The summed E-state index contributed by atoms with van der Waals surface area (Å²) in [6, 6.07) is -0.200. The molecule has 74 valence electrons. The first-order valence-electron chi connectivity index (χ1n) is 4.17. The minimum absolute atomic E-state index is 0.0797. The Balaban J connectivity index is 2.45. The molecule has 1 heterocycles. The van der Waals surface area contributed by atoms with Crippen molar-refractivity contribution >= 4 is 15.7 Å². The van der Waals surface area contributed by atoms with Crippen LogP contribution in [0.2, 0.25) is 0 Å². The van der Waals surface area contributed by atoms with E-state index >= 15 is 0 Å². The summed E-state index contributed by atoms with van der Waals surface area (Å²) >= 11 is 0. The molecule has 0 aromatic rings. The lowest BCUT2D eigenvalue weighted by Crippen LogP contribution is -2.34. The predicted molar refractivity (Wildman–Crippen MR) is 50.0 cm³/mol. The molecule has 4 nitrogen and oxygen atoms in total. The number of hydrogen-bond acceptors (Lipinski definition) is 3. The van der Waals surface area contributed by atoms with Crippen LogP contribution in [0.5, 0.6) is 0 Å². The molecule has 1 aliphatic heterocycles. The average molecular weight is 203 g/mol. The van der Waals surface area contributed by atoms with Gasteiger partial charge in [-0.25, -0.2) is 8.42 Å². The third kappa shape index (κ3) is 3.18. The van der Waals surface area contributed by atoms with E-state index in [-0.39, 0.29) is 23.5 Å². The number of carbonyl (C=O) groups excluding carboxylic acids is 1. The Morgan fingerprint density at radius 2 is 2.23 bits per heavy atom. The summed E-state index contributed by atoms with van der Waals surface area (Å²) in [5.74, 6) is 0.0500.